The minimum atomic E-state index is 0.764. The summed E-state index contributed by atoms with van der Waals surface area (Å²) in [6.07, 6.45) is 5.36. The van der Waals surface area contributed by atoms with Gasteiger partial charge in [0.15, 0.2) is 0 Å². The van der Waals surface area contributed by atoms with Crippen molar-refractivity contribution in [2.24, 2.45) is 0 Å². The Morgan fingerprint density at radius 2 is 1.96 bits per heavy atom. The highest BCUT2D eigenvalue weighted by Crippen LogP contribution is 2.29. The molecule has 0 unspecified atom stereocenters. The topological polar surface area (TPSA) is 58.9 Å². The average Bonchev–Trinajstić information content (AvgIpc) is 2.92. The summed E-state index contributed by atoms with van der Waals surface area (Å²) in [5.74, 6) is 0.924. The number of pyridine rings is 1. The third-order valence-corrected chi connectivity index (χ3v) is 5.08. The lowest BCUT2D eigenvalue weighted by Gasteiger charge is -2.18. The summed E-state index contributed by atoms with van der Waals surface area (Å²) in [6.45, 7) is 13.5. The second-order valence-electron chi connectivity index (χ2n) is 6.53. The number of likely N-dealkylation sites (N-methyl/N-ethyl adjacent to an activating group) is 1. The number of hydrogen-bond acceptors (Lipinski definition) is 5. The van der Waals surface area contributed by atoms with Crippen LogP contribution >= 0.6 is 0 Å². The van der Waals surface area contributed by atoms with Crippen LogP contribution in [0.3, 0.4) is 0 Å². The number of nitrogens with one attached hydrogen (secondary N) is 1. The Hall–Kier alpha value is -2.47. The van der Waals surface area contributed by atoms with E-state index in [0.29, 0.717) is 0 Å². The Morgan fingerprint density at radius 3 is 2.65 bits per heavy atom. The Balaban J connectivity index is 1.89. The molecule has 6 heteroatoms. The van der Waals surface area contributed by atoms with Gasteiger partial charge in [0.25, 0.3) is 0 Å². The zero-order valence-electron chi connectivity index (χ0n) is 16.2. The van der Waals surface area contributed by atoms with Crippen molar-refractivity contribution in [2.45, 2.75) is 34.2 Å². The summed E-state index contributed by atoms with van der Waals surface area (Å²) >= 11 is 0. The molecule has 0 bridgehead atoms. The van der Waals surface area contributed by atoms with E-state index in [1.165, 1.54) is 16.8 Å². The first-order valence-corrected chi connectivity index (χ1v) is 9.31. The van der Waals surface area contributed by atoms with Crippen molar-refractivity contribution in [3.8, 4) is 0 Å². The molecule has 1 N–H and O–H groups in total. The maximum Gasteiger partial charge on any atom is 0.146 e. The summed E-state index contributed by atoms with van der Waals surface area (Å²) in [6, 6.07) is 4.07. The van der Waals surface area contributed by atoms with Crippen molar-refractivity contribution in [3.63, 3.8) is 0 Å². The molecular weight excluding hydrogens is 324 g/mol. The van der Waals surface area contributed by atoms with Crippen molar-refractivity contribution < 1.29 is 0 Å². The molecule has 6 nitrogen and oxygen atoms in total. The summed E-state index contributed by atoms with van der Waals surface area (Å²) < 4.78 is 2.25. The lowest BCUT2D eigenvalue weighted by atomic mass is 10.2. The van der Waals surface area contributed by atoms with Crippen LogP contribution < -0.4 is 5.32 Å². The van der Waals surface area contributed by atoms with E-state index in [9.17, 15) is 0 Å². The number of hydrogen-bond donors (Lipinski definition) is 1. The van der Waals surface area contributed by atoms with Gasteiger partial charge >= 0.3 is 0 Å². The third kappa shape index (κ3) is 3.70. The van der Waals surface area contributed by atoms with Gasteiger partial charge < -0.3 is 14.8 Å². The second kappa shape index (κ2) is 8.27. The lowest BCUT2D eigenvalue weighted by molar-refractivity contribution is 0.316. The number of rotatable bonds is 8. The van der Waals surface area contributed by atoms with Gasteiger partial charge in [0.2, 0.25) is 0 Å². The predicted molar refractivity (Wildman–Crippen MR) is 107 cm³/mol. The molecule has 26 heavy (non-hydrogen) atoms. The predicted octanol–water partition coefficient (Wildman–Crippen LogP) is 3.25. The van der Waals surface area contributed by atoms with Gasteiger partial charge in [-0.1, -0.05) is 19.9 Å². The van der Waals surface area contributed by atoms with E-state index in [-0.39, 0.29) is 0 Å². The zero-order chi connectivity index (χ0) is 18.5. The second-order valence-corrected chi connectivity index (χ2v) is 6.53. The molecule has 3 rings (SSSR count). The van der Waals surface area contributed by atoms with E-state index in [1.54, 1.807) is 12.5 Å². The number of fused-ring (bicyclic) bond motifs is 1. The molecule has 3 heterocycles. The average molecular weight is 352 g/mol. The number of aryl methyl sites for hydroxylation is 1. The van der Waals surface area contributed by atoms with Gasteiger partial charge in [-0.2, -0.15) is 0 Å². The van der Waals surface area contributed by atoms with Crippen LogP contribution in [0.4, 0.5) is 5.82 Å². The van der Waals surface area contributed by atoms with Crippen LogP contribution in [0, 0.1) is 13.8 Å². The van der Waals surface area contributed by atoms with Crippen LogP contribution in [0.1, 0.15) is 30.7 Å². The van der Waals surface area contributed by atoms with E-state index in [4.69, 9.17) is 0 Å². The summed E-state index contributed by atoms with van der Waals surface area (Å²) in [4.78, 5) is 15.7. The molecule has 0 aliphatic rings. The molecule has 0 aliphatic heterocycles. The van der Waals surface area contributed by atoms with Gasteiger partial charge in [0, 0.05) is 31.2 Å². The van der Waals surface area contributed by atoms with Crippen molar-refractivity contribution in [2.75, 3.05) is 31.5 Å². The van der Waals surface area contributed by atoms with Crippen LogP contribution in [0.2, 0.25) is 0 Å². The monoisotopic (exact) mass is 352 g/mol. The lowest BCUT2D eigenvalue weighted by Crippen LogP contribution is -2.28. The summed E-state index contributed by atoms with van der Waals surface area (Å²) in [7, 11) is 0. The van der Waals surface area contributed by atoms with E-state index in [2.05, 4.69) is 63.5 Å². The fourth-order valence-corrected chi connectivity index (χ4v) is 3.34. The van der Waals surface area contributed by atoms with E-state index < -0.39 is 0 Å². The standard InChI is InChI=1S/C20H28N6/c1-5-25(6-2)11-10-22-19-18-15(3)16(4)26(20(18)24-14-23-19)13-17-8-7-9-21-12-17/h7-9,12,14H,5-6,10-11,13H2,1-4H3,(H,22,23,24). The van der Waals surface area contributed by atoms with Crippen LogP contribution in [-0.2, 0) is 6.54 Å². The summed E-state index contributed by atoms with van der Waals surface area (Å²) in [5.41, 5.74) is 4.59. The minimum Gasteiger partial charge on any atom is -0.368 e. The molecule has 0 spiro atoms. The SMILES string of the molecule is CCN(CC)CCNc1ncnc2c1c(C)c(C)n2Cc1cccnc1. The number of anilines is 1. The van der Waals surface area contributed by atoms with Gasteiger partial charge in [0.05, 0.1) is 11.9 Å². The third-order valence-electron chi connectivity index (χ3n) is 5.08. The fraction of sp³-hybridized carbons (Fsp3) is 0.450. The van der Waals surface area contributed by atoms with Gasteiger partial charge in [-0.15, -0.1) is 0 Å². The highest BCUT2D eigenvalue weighted by molar-refractivity contribution is 5.91. The Labute approximate surface area is 155 Å². The first kappa shape index (κ1) is 18.3. The minimum absolute atomic E-state index is 0.764. The van der Waals surface area contributed by atoms with Crippen molar-refractivity contribution in [1.29, 1.82) is 0 Å². The van der Waals surface area contributed by atoms with Gasteiger partial charge in [-0.05, 0) is 44.1 Å². The zero-order valence-corrected chi connectivity index (χ0v) is 16.2. The van der Waals surface area contributed by atoms with E-state index in [1.807, 2.05) is 12.3 Å². The van der Waals surface area contributed by atoms with Crippen LogP contribution in [0.15, 0.2) is 30.9 Å². The Kier molecular flexibility index (Phi) is 5.83. The Bertz CT molecular complexity index is 852. The Morgan fingerprint density at radius 1 is 1.15 bits per heavy atom. The first-order valence-electron chi connectivity index (χ1n) is 9.31. The highest BCUT2D eigenvalue weighted by Gasteiger charge is 2.16. The number of aromatic nitrogens is 4. The van der Waals surface area contributed by atoms with E-state index >= 15 is 0 Å². The molecule has 0 aliphatic carbocycles. The maximum atomic E-state index is 4.58. The van der Waals surface area contributed by atoms with Crippen LogP contribution in [0.25, 0.3) is 11.0 Å². The molecule has 0 saturated carbocycles. The first-order chi connectivity index (χ1) is 12.7. The molecule has 3 aromatic heterocycles. The molecule has 0 amide bonds. The molecule has 0 atom stereocenters. The van der Waals surface area contributed by atoms with Gasteiger partial charge in [-0.3, -0.25) is 4.98 Å². The molecule has 0 aromatic carbocycles. The van der Waals surface area contributed by atoms with Crippen LogP contribution in [-0.4, -0.2) is 50.6 Å². The smallest absolute Gasteiger partial charge is 0.146 e. The highest BCUT2D eigenvalue weighted by atomic mass is 15.1. The van der Waals surface area contributed by atoms with Crippen molar-refractivity contribution >= 4 is 16.9 Å². The van der Waals surface area contributed by atoms with Crippen LogP contribution in [0.5, 0.6) is 0 Å². The van der Waals surface area contributed by atoms with Crippen molar-refractivity contribution in [3.05, 3.63) is 47.7 Å². The molecule has 0 saturated heterocycles. The fourth-order valence-electron chi connectivity index (χ4n) is 3.34. The quantitative estimate of drug-likeness (QED) is 0.674. The normalized spacial score (nSPS) is 11.4. The largest absolute Gasteiger partial charge is 0.368 e. The van der Waals surface area contributed by atoms with Gasteiger partial charge in [-0.25, -0.2) is 9.97 Å². The maximum absolute atomic E-state index is 4.58. The van der Waals surface area contributed by atoms with Gasteiger partial charge in [0.1, 0.15) is 17.8 Å². The van der Waals surface area contributed by atoms with Crippen molar-refractivity contribution in [1.82, 2.24) is 24.4 Å². The molecule has 138 valence electrons. The molecule has 3 aromatic rings. The molecule has 0 radical (unpaired) electrons. The summed E-state index contributed by atoms with van der Waals surface area (Å²) in [5, 5.41) is 4.63. The number of nitrogens with zero attached hydrogens (tertiary/aromatic N) is 5. The van der Waals surface area contributed by atoms with E-state index in [0.717, 1.165) is 49.6 Å². The molecule has 0 fully saturated rings. The molecular formula is C20H28N6.